The molecule has 2 fully saturated rings. The summed E-state index contributed by atoms with van der Waals surface area (Å²) in [5.41, 5.74) is 2.62. The van der Waals surface area contributed by atoms with Gasteiger partial charge in [-0.3, -0.25) is 0 Å². The normalized spacial score (nSPS) is 25.6. The van der Waals surface area contributed by atoms with Gasteiger partial charge >= 0.3 is 6.18 Å². The molecule has 1 aromatic carbocycles. The van der Waals surface area contributed by atoms with Gasteiger partial charge in [0, 0.05) is 18.8 Å². The zero-order valence-corrected chi connectivity index (χ0v) is 17.1. The molecule has 0 bridgehead atoms. The molecule has 2 aliphatic carbocycles. The molecular formula is C23H32F3NO2. The Bertz CT molecular complexity index is 670. The van der Waals surface area contributed by atoms with E-state index in [-0.39, 0.29) is 23.7 Å². The molecule has 3 nitrogen and oxygen atoms in total. The maximum atomic E-state index is 13.3. The Hall–Kier alpha value is -1.53. The third-order valence-corrected chi connectivity index (χ3v) is 5.95. The maximum Gasteiger partial charge on any atom is 0.418 e. The molecule has 2 aliphatic rings. The van der Waals surface area contributed by atoms with Crippen LogP contribution in [-0.2, 0) is 4.74 Å². The molecule has 3 rings (SSSR count). The molecule has 6 heteroatoms. The third-order valence-electron chi connectivity index (χ3n) is 5.95. The van der Waals surface area contributed by atoms with Crippen molar-refractivity contribution in [2.45, 2.75) is 76.7 Å². The molecule has 2 saturated carbocycles. The van der Waals surface area contributed by atoms with E-state index in [4.69, 9.17) is 4.74 Å². The van der Waals surface area contributed by atoms with Crippen LogP contribution in [0.25, 0.3) is 0 Å². The molecule has 1 aromatic rings. The monoisotopic (exact) mass is 411 g/mol. The van der Waals surface area contributed by atoms with Crippen LogP contribution in [0, 0.1) is 5.41 Å². The Balaban J connectivity index is 1.57. The van der Waals surface area contributed by atoms with Crippen LogP contribution < -0.4 is 5.32 Å². The largest absolute Gasteiger partial charge is 0.418 e. The number of nitrogens with one attached hydrogen (secondary N) is 1. The number of alkyl halides is 3. The topological polar surface area (TPSA) is 41.5 Å². The van der Waals surface area contributed by atoms with E-state index in [0.717, 1.165) is 44.3 Å². The van der Waals surface area contributed by atoms with E-state index in [1.54, 1.807) is 19.1 Å². The number of anilines is 1. The van der Waals surface area contributed by atoms with Gasteiger partial charge in [-0.15, -0.1) is 0 Å². The van der Waals surface area contributed by atoms with Gasteiger partial charge in [0.25, 0.3) is 0 Å². The van der Waals surface area contributed by atoms with E-state index >= 15 is 0 Å². The number of hydrogen-bond acceptors (Lipinski definition) is 3. The number of rotatable bonds is 9. The highest BCUT2D eigenvalue weighted by Crippen LogP contribution is 2.45. The Morgan fingerprint density at radius 3 is 2.41 bits per heavy atom. The van der Waals surface area contributed by atoms with Crippen LogP contribution in [0.5, 0.6) is 0 Å². The van der Waals surface area contributed by atoms with Gasteiger partial charge in [0.15, 0.2) is 6.10 Å². The lowest BCUT2D eigenvalue weighted by Crippen LogP contribution is -2.30. The van der Waals surface area contributed by atoms with E-state index in [2.05, 4.69) is 11.4 Å². The van der Waals surface area contributed by atoms with Crippen LogP contribution in [0.15, 0.2) is 35.9 Å². The molecule has 0 radical (unpaired) electrons. The Morgan fingerprint density at radius 1 is 1.21 bits per heavy atom. The third kappa shape index (κ3) is 6.48. The second-order valence-corrected chi connectivity index (χ2v) is 8.49. The van der Waals surface area contributed by atoms with Gasteiger partial charge in [-0.25, -0.2) is 0 Å². The van der Waals surface area contributed by atoms with Gasteiger partial charge in [0.2, 0.25) is 0 Å². The highest BCUT2D eigenvalue weighted by Gasteiger charge is 2.41. The predicted molar refractivity (Wildman–Crippen MR) is 109 cm³/mol. The van der Waals surface area contributed by atoms with E-state index in [9.17, 15) is 18.3 Å². The summed E-state index contributed by atoms with van der Waals surface area (Å²) in [4.78, 5) is 0. The first kappa shape index (κ1) is 22.2. The molecular weight excluding hydrogens is 379 g/mol. The second kappa shape index (κ2) is 9.52. The summed E-state index contributed by atoms with van der Waals surface area (Å²) in [6, 6.07) is 6.38. The second-order valence-electron chi connectivity index (χ2n) is 8.49. The van der Waals surface area contributed by atoms with E-state index in [0.29, 0.717) is 6.42 Å². The molecule has 1 unspecified atom stereocenters. The van der Waals surface area contributed by atoms with Crippen molar-refractivity contribution in [3.63, 3.8) is 0 Å². The highest BCUT2D eigenvalue weighted by atomic mass is 19.4. The Labute approximate surface area is 171 Å². The molecule has 0 aliphatic heterocycles. The van der Waals surface area contributed by atoms with E-state index in [1.807, 2.05) is 0 Å². The van der Waals surface area contributed by atoms with Crippen molar-refractivity contribution in [3.05, 3.63) is 41.5 Å². The molecule has 2 N–H and O–H groups in total. The highest BCUT2D eigenvalue weighted by molar-refractivity contribution is 5.45. The molecule has 0 amide bonds. The fraction of sp³-hybridized carbons (Fsp3) is 0.652. The standard InChI is InChI=1S/C23H32F3NO2/c1-2-15-29-21(23(24,25)26)18-5-7-19(8-6-18)27-14-13-22(16-17-3-4-17)11-9-20(28)10-12-22/h5-8,16,20-21,27-28H,2-4,9-15H2,1H3. The minimum Gasteiger partial charge on any atom is -0.393 e. The number of ether oxygens (including phenoxy) is 1. The minimum absolute atomic E-state index is 0.0798. The number of halogens is 3. The van der Waals surface area contributed by atoms with Crippen LogP contribution in [0.3, 0.4) is 0 Å². The van der Waals surface area contributed by atoms with Crippen LogP contribution in [0.1, 0.15) is 70.0 Å². The minimum atomic E-state index is -4.42. The van der Waals surface area contributed by atoms with Gasteiger partial charge in [-0.2, -0.15) is 13.2 Å². The first-order valence-corrected chi connectivity index (χ1v) is 10.7. The summed E-state index contributed by atoms with van der Waals surface area (Å²) in [7, 11) is 0. The van der Waals surface area contributed by atoms with E-state index in [1.165, 1.54) is 30.5 Å². The molecule has 1 atom stereocenters. The molecule has 162 valence electrons. The smallest absolute Gasteiger partial charge is 0.393 e. The molecule has 0 saturated heterocycles. The number of allylic oxidation sites excluding steroid dienone is 2. The molecule has 0 aromatic heterocycles. The molecule has 29 heavy (non-hydrogen) atoms. The van der Waals surface area contributed by atoms with Crippen molar-refractivity contribution in [1.29, 1.82) is 0 Å². The number of benzene rings is 1. The predicted octanol–water partition coefficient (Wildman–Crippen LogP) is 6.16. The van der Waals surface area contributed by atoms with Crippen LogP contribution in [0.4, 0.5) is 18.9 Å². The van der Waals surface area contributed by atoms with Gasteiger partial charge < -0.3 is 15.2 Å². The van der Waals surface area contributed by atoms with Crippen LogP contribution in [-0.4, -0.2) is 30.5 Å². The zero-order chi connectivity index (χ0) is 20.9. The summed E-state index contributed by atoms with van der Waals surface area (Å²) >= 11 is 0. The van der Waals surface area contributed by atoms with Gasteiger partial charge in [-0.05, 0) is 74.5 Å². The lowest BCUT2D eigenvalue weighted by Gasteiger charge is -2.37. The van der Waals surface area contributed by atoms with E-state index < -0.39 is 12.3 Å². The molecule has 0 spiro atoms. The average Bonchev–Trinajstić information content (AvgIpc) is 3.48. The van der Waals surface area contributed by atoms with Crippen molar-refractivity contribution in [2.24, 2.45) is 5.41 Å². The lowest BCUT2D eigenvalue weighted by molar-refractivity contribution is -0.223. The molecule has 0 heterocycles. The SMILES string of the molecule is CCCOC(c1ccc(NCCC2(C=C3CC3)CCC(O)CC2)cc1)C(F)(F)F. The van der Waals surface area contributed by atoms with Crippen LogP contribution >= 0.6 is 0 Å². The van der Waals surface area contributed by atoms with Crippen molar-refractivity contribution in [2.75, 3.05) is 18.5 Å². The first-order valence-electron chi connectivity index (χ1n) is 10.7. The summed E-state index contributed by atoms with van der Waals surface area (Å²) in [5, 5.41) is 13.2. The van der Waals surface area contributed by atoms with Gasteiger partial charge in [0.1, 0.15) is 0 Å². The summed E-state index contributed by atoms with van der Waals surface area (Å²) in [5.74, 6) is 0. The fourth-order valence-corrected chi connectivity index (χ4v) is 4.14. The quantitative estimate of drug-likeness (QED) is 0.478. The van der Waals surface area contributed by atoms with Crippen LogP contribution in [0.2, 0.25) is 0 Å². The number of aliphatic hydroxyl groups excluding tert-OH is 1. The Morgan fingerprint density at radius 2 is 1.86 bits per heavy atom. The summed E-state index contributed by atoms with van der Waals surface area (Å²) in [6.07, 6.45) is 3.54. The zero-order valence-electron chi connectivity index (χ0n) is 17.1. The van der Waals surface area contributed by atoms with Crippen molar-refractivity contribution in [3.8, 4) is 0 Å². The lowest BCUT2D eigenvalue weighted by atomic mass is 9.70. The van der Waals surface area contributed by atoms with Gasteiger partial charge in [0.05, 0.1) is 6.10 Å². The first-order chi connectivity index (χ1) is 13.8. The Kier molecular flexibility index (Phi) is 7.28. The summed E-state index contributed by atoms with van der Waals surface area (Å²) in [6.45, 7) is 2.63. The van der Waals surface area contributed by atoms with Crippen molar-refractivity contribution >= 4 is 5.69 Å². The van der Waals surface area contributed by atoms with Crippen molar-refractivity contribution in [1.82, 2.24) is 0 Å². The maximum absolute atomic E-state index is 13.3. The number of aliphatic hydroxyl groups is 1. The number of hydrogen-bond donors (Lipinski definition) is 2. The summed E-state index contributed by atoms with van der Waals surface area (Å²) < 4.78 is 44.8. The van der Waals surface area contributed by atoms with Crippen molar-refractivity contribution < 1.29 is 23.0 Å². The fourth-order valence-electron chi connectivity index (χ4n) is 4.14. The average molecular weight is 412 g/mol. The van der Waals surface area contributed by atoms with Gasteiger partial charge in [-0.1, -0.05) is 30.7 Å².